The normalized spacial score (nSPS) is 17.3. The monoisotopic (exact) mass is 611 g/mol. The number of aryl methyl sites for hydroxylation is 2. The number of esters is 1. The van der Waals surface area contributed by atoms with Gasteiger partial charge in [-0.2, -0.15) is 5.10 Å². The van der Waals surface area contributed by atoms with Crippen LogP contribution in [0.25, 0.3) is 22.2 Å². The van der Waals surface area contributed by atoms with E-state index in [4.69, 9.17) is 15.2 Å². The van der Waals surface area contributed by atoms with Gasteiger partial charge in [-0.1, -0.05) is 15.9 Å². The number of hydrogen-bond donors (Lipinski definition) is 1. The van der Waals surface area contributed by atoms with E-state index in [0.717, 1.165) is 34.9 Å². The van der Waals surface area contributed by atoms with E-state index >= 15 is 0 Å². The van der Waals surface area contributed by atoms with Crippen molar-refractivity contribution in [1.29, 1.82) is 0 Å². The first kappa shape index (κ1) is 27.9. The maximum atomic E-state index is 13.0. The van der Waals surface area contributed by atoms with Crippen molar-refractivity contribution in [2.75, 3.05) is 32.5 Å². The third-order valence-electron chi connectivity index (χ3n) is 7.80. The van der Waals surface area contributed by atoms with Crippen LogP contribution >= 0.6 is 15.9 Å². The molecule has 1 atom stereocenters. The Morgan fingerprint density at radius 3 is 2.75 bits per heavy atom. The lowest BCUT2D eigenvalue weighted by Gasteiger charge is -2.46. The van der Waals surface area contributed by atoms with Crippen molar-refractivity contribution < 1.29 is 14.3 Å². The first-order valence-corrected chi connectivity index (χ1v) is 13.9. The zero-order valence-corrected chi connectivity index (χ0v) is 24.9. The lowest BCUT2D eigenvalue weighted by atomic mass is 9.88. The smallest absolute Gasteiger partial charge is 0.339 e. The maximum Gasteiger partial charge on any atom is 0.339 e. The third-order valence-corrected chi connectivity index (χ3v) is 8.29. The molecule has 40 heavy (non-hydrogen) atoms. The minimum absolute atomic E-state index is 0.0360. The second kappa shape index (κ2) is 10.7. The predicted octanol–water partition coefficient (Wildman–Crippen LogP) is 3.76. The number of carbonyl (C=O) groups excluding carboxylic acids is 1. The number of ether oxygens (including phenoxy) is 2. The quantitative estimate of drug-likeness (QED) is 0.313. The fourth-order valence-corrected chi connectivity index (χ4v) is 5.86. The van der Waals surface area contributed by atoms with Crippen LogP contribution in [0.3, 0.4) is 0 Å². The van der Waals surface area contributed by atoms with Crippen LogP contribution in [0.1, 0.15) is 43.1 Å². The van der Waals surface area contributed by atoms with Crippen molar-refractivity contribution in [2.24, 2.45) is 14.1 Å². The molecule has 11 nitrogen and oxygen atoms in total. The molecule has 12 heteroatoms. The first-order valence-electron chi connectivity index (χ1n) is 13.1. The summed E-state index contributed by atoms with van der Waals surface area (Å²) in [6.07, 6.45) is 5.01. The summed E-state index contributed by atoms with van der Waals surface area (Å²) in [6.45, 7) is 6.31. The molecule has 0 bridgehead atoms. The third kappa shape index (κ3) is 5.13. The molecular weight excluding hydrogens is 578 g/mol. The number of methoxy groups -OCH3 is 1. The highest BCUT2D eigenvalue weighted by Crippen LogP contribution is 2.36. The summed E-state index contributed by atoms with van der Waals surface area (Å²) in [5.74, 6) is 0.452. The van der Waals surface area contributed by atoms with Gasteiger partial charge in [0.15, 0.2) is 0 Å². The lowest BCUT2D eigenvalue weighted by molar-refractivity contribution is 0.0376. The molecule has 3 aromatic heterocycles. The number of nitrogens with two attached hydrogens (primary N) is 1. The molecular formula is C28H34BrN7O4. The second-order valence-corrected chi connectivity index (χ2v) is 11.7. The summed E-state index contributed by atoms with van der Waals surface area (Å²) in [5.41, 5.74) is 9.10. The van der Waals surface area contributed by atoms with Crippen LogP contribution < -0.4 is 16.0 Å². The average Bonchev–Trinajstić information content (AvgIpc) is 3.44. The Morgan fingerprint density at radius 1 is 1.23 bits per heavy atom. The summed E-state index contributed by atoms with van der Waals surface area (Å²) in [7, 11) is 4.67. The molecule has 4 aromatic rings. The van der Waals surface area contributed by atoms with Gasteiger partial charge in [-0.15, -0.1) is 0 Å². The number of carbonyl (C=O) groups is 1. The molecule has 1 saturated heterocycles. The number of piperidine rings is 1. The van der Waals surface area contributed by atoms with Crippen LogP contribution in [0.15, 0.2) is 45.9 Å². The number of pyridine rings is 1. The van der Waals surface area contributed by atoms with E-state index in [2.05, 4.69) is 55.4 Å². The fraction of sp³-hybridized carbons (Fsp3) is 0.429. The zero-order valence-electron chi connectivity index (χ0n) is 23.3. The minimum Gasteiger partial charge on any atom is -0.476 e. The summed E-state index contributed by atoms with van der Waals surface area (Å²) in [6, 6.07) is 7.71. The van der Waals surface area contributed by atoms with E-state index in [0.29, 0.717) is 36.1 Å². The summed E-state index contributed by atoms with van der Waals surface area (Å²) in [4.78, 5) is 32.1. The minimum atomic E-state index is -0.524. The Bertz CT molecular complexity index is 1640. The molecule has 4 heterocycles. The number of fused-ring (bicyclic) bond motifs is 1. The van der Waals surface area contributed by atoms with Gasteiger partial charge in [0, 0.05) is 49.4 Å². The van der Waals surface area contributed by atoms with Crippen LogP contribution in [-0.2, 0) is 18.8 Å². The molecule has 1 aromatic carbocycles. The standard InChI is InChI=1S/C28H34BrN7O4/c1-28(2)9-8-19(36-23-13-18(29)6-7-22(23)32-27(36)30)16-35(28)10-11-40-25-21(14-31-34(25)4)20-12-17(26(38)39-5)15-33(3)24(20)37/h6-7,12-15,19H,8-11,16H2,1-5H3,(H2,30,32). The Morgan fingerprint density at radius 2 is 2.00 bits per heavy atom. The van der Waals surface area contributed by atoms with Crippen molar-refractivity contribution in [3.8, 4) is 17.0 Å². The highest BCUT2D eigenvalue weighted by molar-refractivity contribution is 9.10. The van der Waals surface area contributed by atoms with Crippen LogP contribution in [-0.4, -0.2) is 67.1 Å². The maximum absolute atomic E-state index is 13.0. The zero-order chi connectivity index (χ0) is 28.8. The Labute approximate surface area is 240 Å². The molecule has 0 radical (unpaired) electrons. The molecule has 1 aliphatic rings. The Hall–Kier alpha value is -3.64. The first-order chi connectivity index (χ1) is 19.0. The van der Waals surface area contributed by atoms with E-state index in [1.807, 2.05) is 12.1 Å². The molecule has 1 fully saturated rings. The lowest BCUT2D eigenvalue weighted by Crippen LogP contribution is -2.52. The summed E-state index contributed by atoms with van der Waals surface area (Å²) in [5, 5.41) is 4.33. The van der Waals surface area contributed by atoms with Gasteiger partial charge in [-0.05, 0) is 51.0 Å². The van der Waals surface area contributed by atoms with Crippen LogP contribution in [0.5, 0.6) is 5.88 Å². The highest BCUT2D eigenvalue weighted by atomic mass is 79.9. The molecule has 212 valence electrons. The number of benzene rings is 1. The predicted molar refractivity (Wildman–Crippen MR) is 156 cm³/mol. The van der Waals surface area contributed by atoms with Gasteiger partial charge in [-0.25, -0.2) is 14.5 Å². The van der Waals surface area contributed by atoms with Gasteiger partial charge in [0.2, 0.25) is 11.8 Å². The molecule has 1 unspecified atom stereocenters. The SMILES string of the molecule is COC(=O)c1cc(-c2cnn(C)c2OCCN2CC(n3c(N)nc4ccc(Br)cc43)CCC2(C)C)c(=O)n(C)c1. The van der Waals surface area contributed by atoms with Crippen molar-refractivity contribution in [2.45, 2.75) is 38.3 Å². The number of halogens is 1. The molecule has 0 saturated carbocycles. The second-order valence-electron chi connectivity index (χ2n) is 10.8. The van der Waals surface area contributed by atoms with Gasteiger partial charge in [-0.3, -0.25) is 9.69 Å². The molecule has 0 amide bonds. The van der Waals surface area contributed by atoms with Crippen molar-refractivity contribution in [3.05, 3.63) is 57.0 Å². The number of anilines is 1. The summed E-state index contributed by atoms with van der Waals surface area (Å²) >= 11 is 3.57. The van der Waals surface area contributed by atoms with E-state index in [-0.39, 0.29) is 22.7 Å². The van der Waals surface area contributed by atoms with E-state index in [9.17, 15) is 9.59 Å². The van der Waals surface area contributed by atoms with Crippen molar-refractivity contribution in [1.82, 2.24) is 28.8 Å². The number of nitrogens with zero attached hydrogens (tertiary/aromatic N) is 6. The number of aromatic nitrogens is 5. The fourth-order valence-electron chi connectivity index (χ4n) is 5.51. The number of hydrogen-bond acceptors (Lipinski definition) is 8. The Balaban J connectivity index is 1.36. The molecule has 0 aliphatic carbocycles. The van der Waals surface area contributed by atoms with Crippen molar-refractivity contribution in [3.63, 3.8) is 0 Å². The molecule has 0 spiro atoms. The van der Waals surface area contributed by atoms with E-state index < -0.39 is 5.97 Å². The average molecular weight is 613 g/mol. The topological polar surface area (TPSA) is 122 Å². The number of nitrogen functional groups attached to an aromatic ring is 1. The molecule has 1 aliphatic heterocycles. The summed E-state index contributed by atoms with van der Waals surface area (Å²) < 4.78 is 17.2. The number of imidazole rings is 1. The van der Waals surface area contributed by atoms with Crippen LogP contribution in [0.2, 0.25) is 0 Å². The van der Waals surface area contributed by atoms with Gasteiger partial charge in [0.1, 0.15) is 6.61 Å². The van der Waals surface area contributed by atoms with Crippen LogP contribution in [0.4, 0.5) is 5.95 Å². The highest BCUT2D eigenvalue weighted by Gasteiger charge is 2.36. The Kier molecular flexibility index (Phi) is 7.49. The number of rotatable bonds is 7. The van der Waals surface area contributed by atoms with Crippen LogP contribution in [0, 0.1) is 0 Å². The van der Waals surface area contributed by atoms with Crippen molar-refractivity contribution >= 4 is 38.9 Å². The van der Waals surface area contributed by atoms with Gasteiger partial charge in [0.25, 0.3) is 5.56 Å². The van der Waals surface area contributed by atoms with Gasteiger partial charge in [0.05, 0.1) is 41.0 Å². The van der Waals surface area contributed by atoms with Gasteiger partial charge < -0.3 is 24.3 Å². The largest absolute Gasteiger partial charge is 0.476 e. The van der Waals surface area contributed by atoms with E-state index in [1.165, 1.54) is 23.9 Å². The number of likely N-dealkylation sites (tertiary alicyclic amines) is 1. The van der Waals surface area contributed by atoms with Gasteiger partial charge >= 0.3 is 5.97 Å². The van der Waals surface area contributed by atoms with E-state index in [1.54, 1.807) is 25.0 Å². The molecule has 2 N–H and O–H groups in total. The molecule has 5 rings (SSSR count).